The van der Waals surface area contributed by atoms with E-state index in [4.69, 9.17) is 4.74 Å². The third-order valence-corrected chi connectivity index (χ3v) is 5.47. The number of carbonyl (C=O) groups is 1. The second-order valence-corrected chi connectivity index (χ2v) is 6.73. The number of amides is 2. The van der Waals surface area contributed by atoms with Crippen molar-refractivity contribution in [3.63, 3.8) is 0 Å². The Hall–Kier alpha value is -1.07. The number of nitrogens with one attached hydrogen (secondary N) is 2. The van der Waals surface area contributed by atoms with E-state index in [-0.39, 0.29) is 18.1 Å². The zero-order chi connectivity index (χ0) is 13.9. The molecular formula is C15H22N2O2S. The number of rotatable bonds is 3. The van der Waals surface area contributed by atoms with Crippen molar-refractivity contribution >= 4 is 17.4 Å². The predicted octanol–water partition coefficient (Wildman–Crippen LogP) is 3.07. The minimum atomic E-state index is -0.0524. The average Bonchev–Trinajstić information content (AvgIpc) is 3.10. The van der Waals surface area contributed by atoms with Crippen molar-refractivity contribution in [1.29, 1.82) is 0 Å². The normalized spacial score (nSPS) is 30.6. The maximum atomic E-state index is 12.1. The van der Waals surface area contributed by atoms with Crippen molar-refractivity contribution in [3.8, 4) is 0 Å². The van der Waals surface area contributed by atoms with Crippen LogP contribution in [-0.4, -0.2) is 24.8 Å². The van der Waals surface area contributed by atoms with Gasteiger partial charge in [0.2, 0.25) is 0 Å². The van der Waals surface area contributed by atoms with E-state index in [0.717, 1.165) is 32.3 Å². The van der Waals surface area contributed by atoms with E-state index >= 15 is 0 Å². The minimum Gasteiger partial charge on any atom is -0.378 e. The molecule has 4 nitrogen and oxygen atoms in total. The quantitative estimate of drug-likeness (QED) is 0.900. The van der Waals surface area contributed by atoms with Crippen LogP contribution >= 0.6 is 11.3 Å². The molecule has 4 atom stereocenters. The lowest BCUT2D eigenvalue weighted by Gasteiger charge is -2.33. The molecule has 2 heterocycles. The number of hydrogen-bond donors (Lipinski definition) is 2. The Bertz CT molecular complexity index is 449. The summed E-state index contributed by atoms with van der Waals surface area (Å²) in [6.45, 7) is 2.87. The number of thiophene rings is 1. The monoisotopic (exact) mass is 294 g/mol. The Morgan fingerprint density at radius 2 is 2.35 bits per heavy atom. The third kappa shape index (κ3) is 2.99. The van der Waals surface area contributed by atoms with Gasteiger partial charge < -0.3 is 15.4 Å². The van der Waals surface area contributed by atoms with Gasteiger partial charge in [-0.1, -0.05) is 6.07 Å². The molecule has 0 bridgehead atoms. The number of carbonyl (C=O) groups excluding carboxylic acids is 1. The van der Waals surface area contributed by atoms with Gasteiger partial charge in [0.05, 0.1) is 12.1 Å². The fourth-order valence-electron chi connectivity index (χ4n) is 3.37. The van der Waals surface area contributed by atoms with Crippen LogP contribution < -0.4 is 10.6 Å². The van der Waals surface area contributed by atoms with Crippen LogP contribution in [0.2, 0.25) is 0 Å². The van der Waals surface area contributed by atoms with Gasteiger partial charge in [-0.2, -0.15) is 0 Å². The van der Waals surface area contributed by atoms with Gasteiger partial charge in [-0.25, -0.2) is 4.79 Å². The first-order chi connectivity index (χ1) is 9.74. The van der Waals surface area contributed by atoms with Gasteiger partial charge in [-0.05, 0) is 44.1 Å². The van der Waals surface area contributed by atoms with Crippen LogP contribution in [0.25, 0.3) is 0 Å². The highest BCUT2D eigenvalue weighted by Gasteiger charge is 2.38. The molecule has 2 aliphatic rings. The molecule has 1 aromatic rings. The van der Waals surface area contributed by atoms with Gasteiger partial charge in [-0.3, -0.25) is 0 Å². The van der Waals surface area contributed by atoms with E-state index in [0.29, 0.717) is 12.0 Å². The lowest BCUT2D eigenvalue weighted by Crippen LogP contribution is -2.49. The van der Waals surface area contributed by atoms with E-state index in [2.05, 4.69) is 16.7 Å². The van der Waals surface area contributed by atoms with Crippen LogP contribution in [0.3, 0.4) is 0 Å². The maximum absolute atomic E-state index is 12.1. The molecule has 2 amide bonds. The molecule has 3 rings (SSSR count). The average molecular weight is 294 g/mol. The van der Waals surface area contributed by atoms with Gasteiger partial charge in [0, 0.05) is 23.4 Å². The van der Waals surface area contributed by atoms with Gasteiger partial charge >= 0.3 is 6.03 Å². The van der Waals surface area contributed by atoms with Gasteiger partial charge in [-0.15, -0.1) is 11.3 Å². The Labute approximate surface area is 123 Å². The summed E-state index contributed by atoms with van der Waals surface area (Å²) in [6, 6.07) is 4.35. The molecule has 1 saturated heterocycles. The number of hydrogen-bond acceptors (Lipinski definition) is 3. The summed E-state index contributed by atoms with van der Waals surface area (Å²) in [5.74, 6) is 0.506. The number of fused-ring (bicyclic) bond motifs is 1. The summed E-state index contributed by atoms with van der Waals surface area (Å²) in [5, 5.41) is 8.22. The van der Waals surface area contributed by atoms with E-state index in [9.17, 15) is 4.79 Å². The molecule has 0 aromatic carbocycles. The first-order valence-electron chi connectivity index (χ1n) is 7.46. The summed E-state index contributed by atoms with van der Waals surface area (Å²) in [7, 11) is 0. The van der Waals surface area contributed by atoms with Gasteiger partial charge in [0.25, 0.3) is 0 Å². The number of urea groups is 1. The summed E-state index contributed by atoms with van der Waals surface area (Å²) < 4.78 is 5.74. The molecule has 0 spiro atoms. The highest BCUT2D eigenvalue weighted by Crippen LogP contribution is 2.34. The zero-order valence-corrected chi connectivity index (χ0v) is 12.6. The smallest absolute Gasteiger partial charge is 0.315 e. The molecule has 1 saturated carbocycles. The highest BCUT2D eigenvalue weighted by atomic mass is 32.1. The van der Waals surface area contributed by atoms with Crippen molar-refractivity contribution in [2.24, 2.45) is 5.92 Å². The highest BCUT2D eigenvalue weighted by molar-refractivity contribution is 7.10. The molecule has 2 N–H and O–H groups in total. The molecule has 1 aliphatic heterocycles. The zero-order valence-electron chi connectivity index (χ0n) is 11.8. The summed E-state index contributed by atoms with van der Waals surface area (Å²) in [4.78, 5) is 13.3. The Morgan fingerprint density at radius 3 is 3.15 bits per heavy atom. The fourth-order valence-corrected chi connectivity index (χ4v) is 4.10. The van der Waals surface area contributed by atoms with E-state index < -0.39 is 0 Å². The third-order valence-electron chi connectivity index (χ3n) is 4.42. The van der Waals surface area contributed by atoms with Gasteiger partial charge in [0.15, 0.2) is 0 Å². The van der Waals surface area contributed by atoms with Crippen molar-refractivity contribution in [2.45, 2.75) is 50.8 Å². The molecule has 0 radical (unpaired) electrons. The molecule has 110 valence electrons. The maximum Gasteiger partial charge on any atom is 0.315 e. The lowest BCUT2D eigenvalue weighted by molar-refractivity contribution is 0.0549. The van der Waals surface area contributed by atoms with Crippen molar-refractivity contribution in [3.05, 3.63) is 22.4 Å². The van der Waals surface area contributed by atoms with Crippen LogP contribution in [0.1, 0.15) is 43.5 Å². The van der Waals surface area contributed by atoms with Crippen LogP contribution in [0.5, 0.6) is 0 Å². The van der Waals surface area contributed by atoms with Crippen LogP contribution in [0.15, 0.2) is 17.5 Å². The predicted molar refractivity (Wildman–Crippen MR) is 79.9 cm³/mol. The van der Waals surface area contributed by atoms with Gasteiger partial charge in [0.1, 0.15) is 0 Å². The van der Waals surface area contributed by atoms with E-state index in [1.165, 1.54) is 4.88 Å². The van der Waals surface area contributed by atoms with E-state index in [1.807, 2.05) is 18.4 Å². The summed E-state index contributed by atoms with van der Waals surface area (Å²) >= 11 is 1.67. The lowest BCUT2D eigenvalue weighted by atomic mass is 9.82. The molecule has 5 heteroatoms. The first kappa shape index (κ1) is 13.9. The molecule has 0 unspecified atom stereocenters. The molecule has 2 fully saturated rings. The van der Waals surface area contributed by atoms with Crippen LogP contribution in [0, 0.1) is 5.92 Å². The largest absolute Gasteiger partial charge is 0.378 e. The fraction of sp³-hybridized carbons (Fsp3) is 0.667. The summed E-state index contributed by atoms with van der Waals surface area (Å²) in [5.41, 5.74) is 0. The molecule has 1 aromatic heterocycles. The molecule has 20 heavy (non-hydrogen) atoms. The molecular weight excluding hydrogens is 272 g/mol. The standard InChI is InChI=1S/C15H22N2O2S/c1-10(14-6-3-9-20-14)16-15(18)17-12-4-2-5-13-11(12)7-8-19-13/h3,6,9-13H,2,4-5,7-8H2,1H3,(H2,16,17,18)/t10-,11+,12+,13+/m0/s1. The van der Waals surface area contributed by atoms with E-state index in [1.54, 1.807) is 11.3 Å². The Morgan fingerprint density at radius 1 is 1.45 bits per heavy atom. The molecule has 1 aliphatic carbocycles. The Kier molecular flexibility index (Phi) is 4.27. The second-order valence-electron chi connectivity index (χ2n) is 5.75. The first-order valence-corrected chi connectivity index (χ1v) is 8.34. The van der Waals surface area contributed by atoms with Crippen molar-refractivity contribution < 1.29 is 9.53 Å². The Balaban J connectivity index is 1.53. The topological polar surface area (TPSA) is 50.4 Å². The summed E-state index contributed by atoms with van der Waals surface area (Å²) in [6.07, 6.45) is 4.81. The number of ether oxygens (including phenoxy) is 1. The van der Waals surface area contributed by atoms with Crippen molar-refractivity contribution in [2.75, 3.05) is 6.61 Å². The van der Waals surface area contributed by atoms with Crippen LogP contribution in [0.4, 0.5) is 4.79 Å². The van der Waals surface area contributed by atoms with Crippen molar-refractivity contribution in [1.82, 2.24) is 10.6 Å². The second kappa shape index (κ2) is 6.14. The SMILES string of the molecule is C[C@H](NC(=O)N[C@@H]1CCC[C@H]2OCC[C@H]12)c1cccs1. The minimum absolute atomic E-state index is 0.0524. The van der Waals surface area contributed by atoms with Crippen LogP contribution in [-0.2, 0) is 4.74 Å².